The number of alkyl halides is 4. The summed E-state index contributed by atoms with van der Waals surface area (Å²) in [7, 11) is 1.64. The molecule has 0 aliphatic carbocycles. The second-order valence-corrected chi connectivity index (χ2v) is 2.78. The average Bonchev–Trinajstić information content (AvgIpc) is 2.63. The van der Waals surface area contributed by atoms with Gasteiger partial charge in [-0.2, -0.15) is 8.78 Å². The van der Waals surface area contributed by atoms with Crippen LogP contribution in [-0.4, -0.2) is 30.2 Å². The van der Waals surface area contributed by atoms with Crippen molar-refractivity contribution in [3.05, 3.63) is 11.8 Å². The molecule has 15 heavy (non-hydrogen) atoms. The summed E-state index contributed by atoms with van der Waals surface area (Å²) < 4.78 is 53.5. The molecule has 1 rings (SSSR count). The fourth-order valence-corrected chi connectivity index (χ4v) is 0.815. The molecule has 8 heteroatoms. The lowest BCUT2D eigenvalue weighted by Crippen LogP contribution is -2.23. The SMILES string of the molecule is CNCCc1nnc(C(F)(F)C(F)F)o1. The average molecular weight is 227 g/mol. The minimum absolute atomic E-state index is 0.0975. The molecule has 0 fully saturated rings. The largest absolute Gasteiger partial charge is 0.419 e. The van der Waals surface area contributed by atoms with E-state index in [0.29, 0.717) is 6.54 Å². The van der Waals surface area contributed by atoms with Crippen molar-refractivity contribution in [2.24, 2.45) is 0 Å². The van der Waals surface area contributed by atoms with Gasteiger partial charge in [-0.1, -0.05) is 0 Å². The molecule has 0 unspecified atom stereocenters. The fourth-order valence-electron chi connectivity index (χ4n) is 0.815. The Kier molecular flexibility index (Phi) is 3.61. The van der Waals surface area contributed by atoms with Crippen molar-refractivity contribution >= 4 is 0 Å². The van der Waals surface area contributed by atoms with Gasteiger partial charge in [0.2, 0.25) is 5.89 Å². The number of halogens is 4. The topological polar surface area (TPSA) is 51.0 Å². The molecule has 1 heterocycles. The number of nitrogens with zero attached hydrogens (tertiary/aromatic N) is 2. The number of aromatic nitrogens is 2. The Balaban J connectivity index is 2.75. The van der Waals surface area contributed by atoms with E-state index in [0.717, 1.165) is 0 Å². The van der Waals surface area contributed by atoms with Crippen LogP contribution in [0.4, 0.5) is 17.6 Å². The summed E-state index contributed by atoms with van der Waals surface area (Å²) in [6.07, 6.45) is -3.64. The van der Waals surface area contributed by atoms with Gasteiger partial charge in [-0.25, -0.2) is 8.78 Å². The molecular formula is C7H9F4N3O. The first kappa shape index (κ1) is 11.9. The maximum absolute atomic E-state index is 12.7. The normalized spacial score (nSPS) is 12.4. The molecule has 86 valence electrons. The maximum Gasteiger partial charge on any atom is 0.382 e. The van der Waals surface area contributed by atoms with E-state index in [-0.39, 0.29) is 12.3 Å². The molecule has 0 aliphatic heterocycles. The summed E-state index contributed by atoms with van der Waals surface area (Å²) in [4.78, 5) is 0. The first-order valence-corrected chi connectivity index (χ1v) is 4.12. The minimum Gasteiger partial charge on any atom is -0.419 e. The highest BCUT2D eigenvalue weighted by molar-refractivity contribution is 4.93. The molecule has 4 nitrogen and oxygen atoms in total. The molecule has 0 spiro atoms. The second kappa shape index (κ2) is 4.56. The summed E-state index contributed by atoms with van der Waals surface area (Å²) in [5.74, 6) is -5.83. The molecule has 0 aromatic carbocycles. The molecule has 0 saturated heterocycles. The van der Waals surface area contributed by atoms with Gasteiger partial charge >= 0.3 is 12.3 Å². The Morgan fingerprint density at radius 1 is 1.40 bits per heavy atom. The van der Waals surface area contributed by atoms with Crippen molar-refractivity contribution in [3.8, 4) is 0 Å². The van der Waals surface area contributed by atoms with Gasteiger partial charge in [-0.3, -0.25) is 0 Å². The van der Waals surface area contributed by atoms with Crippen LogP contribution in [0.15, 0.2) is 4.42 Å². The monoisotopic (exact) mass is 227 g/mol. The van der Waals surface area contributed by atoms with Crippen LogP contribution in [0.1, 0.15) is 11.8 Å². The van der Waals surface area contributed by atoms with Crippen LogP contribution < -0.4 is 5.32 Å². The van der Waals surface area contributed by atoms with Crippen LogP contribution in [0, 0.1) is 0 Å². The molecule has 1 N–H and O–H groups in total. The van der Waals surface area contributed by atoms with Gasteiger partial charge in [0.05, 0.1) is 0 Å². The van der Waals surface area contributed by atoms with Crippen molar-refractivity contribution in [1.82, 2.24) is 15.5 Å². The molecule has 0 saturated carbocycles. The van der Waals surface area contributed by atoms with Gasteiger partial charge in [0.1, 0.15) is 0 Å². The Labute approximate surface area is 82.7 Å². The summed E-state index contributed by atoms with van der Waals surface area (Å²) in [6.45, 7) is 0.432. The first-order chi connectivity index (χ1) is 6.98. The van der Waals surface area contributed by atoms with E-state index in [2.05, 4.69) is 19.9 Å². The summed E-state index contributed by atoms with van der Waals surface area (Å²) >= 11 is 0. The summed E-state index contributed by atoms with van der Waals surface area (Å²) in [6, 6.07) is 0. The number of nitrogens with one attached hydrogen (secondary N) is 1. The van der Waals surface area contributed by atoms with Crippen LogP contribution >= 0.6 is 0 Å². The van der Waals surface area contributed by atoms with E-state index >= 15 is 0 Å². The van der Waals surface area contributed by atoms with E-state index in [1.54, 1.807) is 7.05 Å². The van der Waals surface area contributed by atoms with Crippen LogP contribution in [0.3, 0.4) is 0 Å². The van der Waals surface area contributed by atoms with E-state index < -0.39 is 18.2 Å². The van der Waals surface area contributed by atoms with Crippen molar-refractivity contribution in [3.63, 3.8) is 0 Å². The highest BCUT2D eigenvalue weighted by Crippen LogP contribution is 2.33. The molecule has 0 atom stereocenters. The molecule has 1 aromatic rings. The number of hydrogen-bond donors (Lipinski definition) is 1. The summed E-state index contributed by atoms with van der Waals surface area (Å²) in [5.41, 5.74) is 0. The third kappa shape index (κ3) is 2.65. The van der Waals surface area contributed by atoms with Crippen LogP contribution in [-0.2, 0) is 12.3 Å². The van der Waals surface area contributed by atoms with Gasteiger partial charge in [-0.05, 0) is 7.05 Å². The van der Waals surface area contributed by atoms with Crippen LogP contribution in [0.25, 0.3) is 0 Å². The molecule has 0 radical (unpaired) electrons. The fraction of sp³-hybridized carbons (Fsp3) is 0.714. The maximum atomic E-state index is 12.7. The van der Waals surface area contributed by atoms with Crippen molar-refractivity contribution in [2.45, 2.75) is 18.8 Å². The number of likely N-dealkylation sites (N-methyl/N-ethyl adjacent to an activating group) is 1. The van der Waals surface area contributed by atoms with Crippen molar-refractivity contribution < 1.29 is 22.0 Å². The van der Waals surface area contributed by atoms with Crippen molar-refractivity contribution in [1.29, 1.82) is 0 Å². The van der Waals surface area contributed by atoms with Crippen LogP contribution in [0.2, 0.25) is 0 Å². The van der Waals surface area contributed by atoms with Crippen molar-refractivity contribution in [2.75, 3.05) is 13.6 Å². The highest BCUT2D eigenvalue weighted by atomic mass is 19.3. The van der Waals surface area contributed by atoms with Gasteiger partial charge < -0.3 is 9.73 Å². The van der Waals surface area contributed by atoms with E-state index in [4.69, 9.17) is 0 Å². The smallest absolute Gasteiger partial charge is 0.382 e. The zero-order valence-corrected chi connectivity index (χ0v) is 7.81. The lowest BCUT2D eigenvalue weighted by atomic mass is 10.3. The molecule has 0 aliphatic rings. The predicted molar refractivity (Wildman–Crippen MR) is 41.8 cm³/mol. The highest BCUT2D eigenvalue weighted by Gasteiger charge is 2.48. The predicted octanol–water partition coefficient (Wildman–Crippen LogP) is 1.19. The Morgan fingerprint density at radius 2 is 2.07 bits per heavy atom. The molecule has 0 bridgehead atoms. The van der Waals surface area contributed by atoms with E-state index in [1.807, 2.05) is 0 Å². The molecular weight excluding hydrogens is 218 g/mol. The Morgan fingerprint density at radius 3 is 2.60 bits per heavy atom. The van der Waals surface area contributed by atoms with Gasteiger partial charge in [0, 0.05) is 13.0 Å². The number of rotatable bonds is 5. The minimum atomic E-state index is -4.38. The third-order valence-electron chi connectivity index (χ3n) is 1.61. The lowest BCUT2D eigenvalue weighted by molar-refractivity contribution is -0.151. The Bertz CT molecular complexity index is 315. The lowest BCUT2D eigenvalue weighted by Gasteiger charge is -2.09. The van der Waals surface area contributed by atoms with Gasteiger partial charge in [0.25, 0.3) is 5.89 Å². The second-order valence-electron chi connectivity index (χ2n) is 2.78. The third-order valence-corrected chi connectivity index (χ3v) is 1.61. The Hall–Kier alpha value is -1.18. The number of hydrogen-bond acceptors (Lipinski definition) is 4. The molecule has 1 aromatic heterocycles. The van der Waals surface area contributed by atoms with E-state index in [9.17, 15) is 17.6 Å². The quantitative estimate of drug-likeness (QED) is 0.767. The zero-order valence-electron chi connectivity index (χ0n) is 7.81. The van der Waals surface area contributed by atoms with Crippen LogP contribution in [0.5, 0.6) is 0 Å². The first-order valence-electron chi connectivity index (χ1n) is 4.12. The molecule has 0 amide bonds. The van der Waals surface area contributed by atoms with Gasteiger partial charge in [-0.15, -0.1) is 10.2 Å². The zero-order chi connectivity index (χ0) is 11.5. The van der Waals surface area contributed by atoms with Gasteiger partial charge in [0.15, 0.2) is 0 Å². The summed E-state index contributed by atoms with van der Waals surface area (Å²) in [5, 5.41) is 8.84. The van der Waals surface area contributed by atoms with E-state index in [1.165, 1.54) is 0 Å². The standard InChI is InChI=1S/C7H9F4N3O/c1-12-3-2-4-13-14-6(15-4)7(10,11)5(8)9/h5,12H,2-3H2,1H3.